The molecule has 2 fully saturated rings. The minimum atomic E-state index is -0.0790. The first-order valence-corrected chi connectivity index (χ1v) is 13.2. The first-order valence-electron chi connectivity index (χ1n) is 13.2. The number of hydrogen-bond acceptors (Lipinski definition) is 3. The molecule has 3 aliphatic rings. The standard InChI is InChI=1S/C30H38N2O3/c1-29(2)26-19-23-24(10-7-11-25(23)33)30(29,3)16-17-32(26)28(35)21-12-14-22(15-13-21)31-27(34)18-20-8-5-4-6-9-20/h4-11,21-22,26,33H,12-19H2,1-3H3,(H,31,34)/t21-,22+,26-,30+/m1/s1. The van der Waals surface area contributed by atoms with Gasteiger partial charge >= 0.3 is 0 Å². The Bertz CT molecular complexity index is 1100. The summed E-state index contributed by atoms with van der Waals surface area (Å²) >= 11 is 0. The number of phenols is 1. The second kappa shape index (κ2) is 9.00. The number of nitrogens with one attached hydrogen (secondary N) is 1. The van der Waals surface area contributed by atoms with Crippen LogP contribution in [0.5, 0.6) is 5.75 Å². The predicted molar refractivity (Wildman–Crippen MR) is 137 cm³/mol. The predicted octanol–water partition coefficient (Wildman–Crippen LogP) is 4.75. The van der Waals surface area contributed by atoms with E-state index in [-0.39, 0.29) is 40.6 Å². The number of aromatic hydroxyl groups is 1. The van der Waals surface area contributed by atoms with Gasteiger partial charge in [0, 0.05) is 30.0 Å². The third kappa shape index (κ3) is 4.13. The van der Waals surface area contributed by atoms with E-state index in [1.54, 1.807) is 6.07 Å². The number of amides is 2. The summed E-state index contributed by atoms with van der Waals surface area (Å²) in [4.78, 5) is 28.4. The molecule has 2 amide bonds. The maximum absolute atomic E-state index is 13.8. The van der Waals surface area contributed by atoms with E-state index in [0.29, 0.717) is 18.6 Å². The highest BCUT2D eigenvalue weighted by Gasteiger charge is 2.57. The molecule has 2 atom stereocenters. The highest BCUT2D eigenvalue weighted by atomic mass is 16.3. The smallest absolute Gasteiger partial charge is 0.225 e. The first-order chi connectivity index (χ1) is 16.7. The van der Waals surface area contributed by atoms with Crippen LogP contribution in [-0.2, 0) is 27.8 Å². The SMILES string of the molecule is CC1(C)[C@H]2Cc3c(O)cccc3[C@]1(C)CCN2C(=O)[C@H]1CC[C@@H](NC(=O)Cc2ccccc2)CC1. The molecule has 0 radical (unpaired) electrons. The fourth-order valence-electron chi connectivity index (χ4n) is 6.97. The van der Waals surface area contributed by atoms with Gasteiger partial charge in [0.1, 0.15) is 5.75 Å². The van der Waals surface area contributed by atoms with E-state index in [2.05, 4.69) is 37.1 Å². The number of hydrogen-bond donors (Lipinski definition) is 2. The minimum Gasteiger partial charge on any atom is -0.508 e. The molecular weight excluding hydrogens is 436 g/mol. The van der Waals surface area contributed by atoms with Crippen LogP contribution in [0, 0.1) is 11.3 Å². The van der Waals surface area contributed by atoms with E-state index in [1.807, 2.05) is 36.4 Å². The summed E-state index contributed by atoms with van der Waals surface area (Å²) in [5, 5.41) is 13.8. The molecule has 5 rings (SSSR count). The number of rotatable bonds is 4. The summed E-state index contributed by atoms with van der Waals surface area (Å²) in [6, 6.07) is 15.9. The van der Waals surface area contributed by atoms with Crippen molar-refractivity contribution in [2.75, 3.05) is 6.54 Å². The Kier molecular flexibility index (Phi) is 6.14. The van der Waals surface area contributed by atoms with Crippen LogP contribution in [0.15, 0.2) is 48.5 Å². The Morgan fingerprint density at radius 1 is 1.00 bits per heavy atom. The maximum atomic E-state index is 13.8. The lowest BCUT2D eigenvalue weighted by molar-refractivity contribution is -0.149. The molecular formula is C30H38N2O3. The summed E-state index contributed by atoms with van der Waals surface area (Å²) in [6.07, 6.45) is 5.35. The van der Waals surface area contributed by atoms with E-state index in [0.717, 1.165) is 49.8 Å². The van der Waals surface area contributed by atoms with Crippen molar-refractivity contribution in [2.45, 2.75) is 83.2 Å². The average Bonchev–Trinajstić information content (AvgIpc) is 2.83. The van der Waals surface area contributed by atoms with Crippen LogP contribution in [0.3, 0.4) is 0 Å². The zero-order valence-electron chi connectivity index (χ0n) is 21.2. The molecule has 2 N–H and O–H groups in total. The molecule has 2 aromatic rings. The molecule has 1 heterocycles. The third-order valence-corrected chi connectivity index (χ3v) is 9.56. The number of likely N-dealkylation sites (tertiary alicyclic amines) is 1. The van der Waals surface area contributed by atoms with Gasteiger partial charge < -0.3 is 15.3 Å². The van der Waals surface area contributed by atoms with Crippen LogP contribution in [0.25, 0.3) is 0 Å². The highest BCUT2D eigenvalue weighted by molar-refractivity contribution is 5.80. The van der Waals surface area contributed by atoms with Gasteiger partial charge in [0.2, 0.25) is 11.8 Å². The summed E-state index contributed by atoms with van der Waals surface area (Å²) in [5.41, 5.74) is 3.14. The van der Waals surface area contributed by atoms with Gasteiger partial charge in [0.25, 0.3) is 0 Å². The number of piperidine rings is 1. The largest absolute Gasteiger partial charge is 0.508 e. The number of carbonyl (C=O) groups is 2. The van der Waals surface area contributed by atoms with Gasteiger partial charge in [-0.15, -0.1) is 0 Å². The Morgan fingerprint density at radius 3 is 2.43 bits per heavy atom. The van der Waals surface area contributed by atoms with Crippen molar-refractivity contribution in [1.82, 2.24) is 10.2 Å². The van der Waals surface area contributed by atoms with Crippen LogP contribution in [0.2, 0.25) is 0 Å². The number of carbonyl (C=O) groups excluding carboxylic acids is 2. The van der Waals surface area contributed by atoms with E-state index >= 15 is 0 Å². The number of phenolic OH excluding ortho intramolecular Hbond substituents is 1. The summed E-state index contributed by atoms with van der Waals surface area (Å²) < 4.78 is 0. The van der Waals surface area contributed by atoms with Crippen molar-refractivity contribution in [3.63, 3.8) is 0 Å². The molecule has 0 unspecified atom stereocenters. The number of nitrogens with zero attached hydrogens (tertiary/aromatic N) is 1. The monoisotopic (exact) mass is 474 g/mol. The second-order valence-electron chi connectivity index (χ2n) is 11.6. The van der Waals surface area contributed by atoms with Crippen LogP contribution in [0.1, 0.15) is 69.6 Å². The zero-order chi connectivity index (χ0) is 24.8. The van der Waals surface area contributed by atoms with Gasteiger partial charge in [-0.3, -0.25) is 9.59 Å². The number of benzene rings is 2. The quantitative estimate of drug-likeness (QED) is 0.672. The van der Waals surface area contributed by atoms with Crippen LogP contribution in [-0.4, -0.2) is 40.4 Å². The van der Waals surface area contributed by atoms with Crippen LogP contribution < -0.4 is 5.32 Å². The molecule has 1 saturated heterocycles. The summed E-state index contributed by atoms with van der Waals surface area (Å²) in [7, 11) is 0. The lowest BCUT2D eigenvalue weighted by Crippen LogP contribution is -2.65. The van der Waals surface area contributed by atoms with Crippen molar-refractivity contribution in [3.8, 4) is 5.75 Å². The van der Waals surface area contributed by atoms with E-state index in [9.17, 15) is 14.7 Å². The molecule has 0 aromatic heterocycles. The lowest BCUT2D eigenvalue weighted by atomic mass is 9.51. The van der Waals surface area contributed by atoms with Gasteiger partial charge in [0.05, 0.1) is 6.42 Å². The Balaban J connectivity index is 1.23. The molecule has 2 bridgehead atoms. The number of fused-ring (bicyclic) bond motifs is 4. The van der Waals surface area contributed by atoms with Crippen molar-refractivity contribution < 1.29 is 14.7 Å². The fraction of sp³-hybridized carbons (Fsp3) is 0.533. The van der Waals surface area contributed by atoms with E-state index < -0.39 is 0 Å². The Labute approximate surface area is 208 Å². The summed E-state index contributed by atoms with van der Waals surface area (Å²) in [5.74, 6) is 0.695. The fourth-order valence-corrected chi connectivity index (χ4v) is 6.97. The van der Waals surface area contributed by atoms with Crippen molar-refractivity contribution in [2.24, 2.45) is 11.3 Å². The molecule has 2 aromatic carbocycles. The molecule has 5 heteroatoms. The molecule has 186 valence electrons. The molecule has 35 heavy (non-hydrogen) atoms. The molecule has 5 nitrogen and oxygen atoms in total. The van der Waals surface area contributed by atoms with Crippen LogP contribution >= 0.6 is 0 Å². The van der Waals surface area contributed by atoms with Gasteiger partial charge in [-0.25, -0.2) is 0 Å². The van der Waals surface area contributed by atoms with Crippen molar-refractivity contribution in [1.29, 1.82) is 0 Å². The van der Waals surface area contributed by atoms with Gasteiger partial charge in [0.15, 0.2) is 0 Å². The Morgan fingerprint density at radius 2 is 1.71 bits per heavy atom. The Hall–Kier alpha value is -2.82. The molecule has 1 saturated carbocycles. The van der Waals surface area contributed by atoms with Crippen molar-refractivity contribution in [3.05, 3.63) is 65.2 Å². The highest BCUT2D eigenvalue weighted by Crippen LogP contribution is 2.57. The molecule has 0 spiro atoms. The van der Waals surface area contributed by atoms with E-state index in [1.165, 1.54) is 5.56 Å². The maximum Gasteiger partial charge on any atom is 0.225 e. The van der Waals surface area contributed by atoms with Crippen LogP contribution in [0.4, 0.5) is 0 Å². The summed E-state index contributed by atoms with van der Waals surface area (Å²) in [6.45, 7) is 7.67. The van der Waals surface area contributed by atoms with Gasteiger partial charge in [-0.1, -0.05) is 63.2 Å². The van der Waals surface area contributed by atoms with Gasteiger partial charge in [-0.2, -0.15) is 0 Å². The topological polar surface area (TPSA) is 69.6 Å². The first kappa shape index (κ1) is 23.9. The second-order valence-corrected chi connectivity index (χ2v) is 11.6. The van der Waals surface area contributed by atoms with Gasteiger partial charge in [-0.05, 0) is 66.7 Å². The molecule has 2 aliphatic carbocycles. The normalized spacial score (nSPS) is 29.2. The zero-order valence-corrected chi connectivity index (χ0v) is 21.2. The van der Waals surface area contributed by atoms with E-state index in [4.69, 9.17) is 0 Å². The third-order valence-electron chi connectivity index (χ3n) is 9.56. The van der Waals surface area contributed by atoms with Crippen molar-refractivity contribution >= 4 is 11.8 Å². The molecule has 1 aliphatic heterocycles. The average molecular weight is 475 g/mol. The lowest BCUT2D eigenvalue weighted by Gasteiger charge is -2.61. The minimum absolute atomic E-state index is 0.0169.